The molecule has 2 nitrogen and oxygen atoms in total. The topological polar surface area (TPSA) is 21.6 Å². The third kappa shape index (κ3) is 2.77. The van der Waals surface area contributed by atoms with Gasteiger partial charge in [-0.3, -0.25) is 0 Å². The van der Waals surface area contributed by atoms with Crippen molar-refractivity contribution in [3.8, 4) is 0 Å². The van der Waals surface area contributed by atoms with Gasteiger partial charge in [-0.15, -0.1) is 0 Å². The molecule has 3 heteroatoms. The molecule has 0 saturated carbocycles. The van der Waals surface area contributed by atoms with Gasteiger partial charge >= 0.3 is 0 Å². The van der Waals surface area contributed by atoms with E-state index in [2.05, 4.69) is 73.7 Å². The Morgan fingerprint density at radius 3 is 2.39 bits per heavy atom. The first kappa shape index (κ1) is 13.6. The molecule has 0 unspecified atom stereocenters. The number of hydrogen-bond acceptors (Lipinski definition) is 2. The second-order valence-electron chi connectivity index (χ2n) is 6.46. The van der Waals surface area contributed by atoms with Gasteiger partial charge < -0.3 is 4.74 Å². The van der Waals surface area contributed by atoms with Gasteiger partial charge in [0.1, 0.15) is 6.61 Å². The molecule has 18 heavy (non-hydrogen) atoms. The Balaban J connectivity index is 2.38. The number of halogens is 1. The second-order valence-corrected chi connectivity index (χ2v) is 7.32. The second kappa shape index (κ2) is 4.37. The molecule has 0 bridgehead atoms. The van der Waals surface area contributed by atoms with Gasteiger partial charge in [0.2, 0.25) is 5.90 Å². The van der Waals surface area contributed by atoms with E-state index in [4.69, 9.17) is 4.74 Å². The molecule has 1 aromatic carbocycles. The van der Waals surface area contributed by atoms with E-state index in [1.54, 1.807) is 0 Å². The molecule has 1 aromatic rings. The molecule has 0 aromatic heterocycles. The van der Waals surface area contributed by atoms with Crippen LogP contribution in [0.1, 0.15) is 45.7 Å². The van der Waals surface area contributed by atoms with Crippen molar-refractivity contribution in [3.05, 3.63) is 33.8 Å². The van der Waals surface area contributed by atoms with Crippen molar-refractivity contribution >= 4 is 21.8 Å². The predicted molar refractivity (Wildman–Crippen MR) is 79.4 cm³/mol. The Bertz CT molecular complexity index is 498. The van der Waals surface area contributed by atoms with Crippen molar-refractivity contribution in [3.63, 3.8) is 0 Å². The summed E-state index contributed by atoms with van der Waals surface area (Å²) in [5.74, 6) is 0.743. The van der Waals surface area contributed by atoms with E-state index < -0.39 is 0 Å². The van der Waals surface area contributed by atoms with E-state index in [0.717, 1.165) is 15.9 Å². The first-order valence-corrected chi connectivity index (χ1v) is 7.01. The minimum absolute atomic E-state index is 0.114. The van der Waals surface area contributed by atoms with Crippen LogP contribution < -0.4 is 0 Å². The van der Waals surface area contributed by atoms with Crippen LogP contribution in [0.2, 0.25) is 0 Å². The van der Waals surface area contributed by atoms with E-state index in [9.17, 15) is 0 Å². The molecule has 1 aliphatic rings. The molecule has 0 aliphatic carbocycles. The van der Waals surface area contributed by atoms with Crippen LogP contribution in [0.4, 0.5) is 0 Å². The molecule has 2 rings (SSSR count). The van der Waals surface area contributed by atoms with E-state index >= 15 is 0 Å². The Morgan fingerprint density at radius 1 is 1.28 bits per heavy atom. The van der Waals surface area contributed by atoms with Crippen LogP contribution in [0.25, 0.3) is 0 Å². The van der Waals surface area contributed by atoms with Crippen LogP contribution in [0.15, 0.2) is 27.7 Å². The zero-order valence-electron chi connectivity index (χ0n) is 11.7. The van der Waals surface area contributed by atoms with Gasteiger partial charge in [-0.2, -0.15) is 0 Å². The van der Waals surface area contributed by atoms with Gasteiger partial charge in [0, 0.05) is 4.47 Å². The number of ether oxygens (including phenoxy) is 1. The van der Waals surface area contributed by atoms with Gasteiger partial charge in [0.25, 0.3) is 0 Å². The average molecular weight is 310 g/mol. The number of benzene rings is 1. The maximum atomic E-state index is 5.68. The fraction of sp³-hybridized carbons (Fsp3) is 0.533. The highest BCUT2D eigenvalue weighted by molar-refractivity contribution is 9.10. The van der Waals surface area contributed by atoms with Gasteiger partial charge in [-0.05, 0) is 52.9 Å². The highest BCUT2D eigenvalue weighted by Crippen LogP contribution is 2.30. The molecule has 0 N–H and O–H groups in total. The fourth-order valence-corrected chi connectivity index (χ4v) is 2.43. The molecule has 0 spiro atoms. The smallest absolute Gasteiger partial charge is 0.217 e. The quantitative estimate of drug-likeness (QED) is 0.758. The Hall–Kier alpha value is -0.830. The lowest BCUT2D eigenvalue weighted by Crippen LogP contribution is -2.17. The molecular weight excluding hydrogens is 290 g/mol. The summed E-state index contributed by atoms with van der Waals surface area (Å²) in [6.07, 6.45) is 0. The monoisotopic (exact) mass is 309 g/mol. The van der Waals surface area contributed by atoms with Crippen molar-refractivity contribution in [2.24, 2.45) is 4.99 Å². The summed E-state index contributed by atoms with van der Waals surface area (Å²) in [7, 11) is 0. The zero-order chi connectivity index (χ0) is 13.6. The van der Waals surface area contributed by atoms with Crippen LogP contribution in [-0.4, -0.2) is 18.0 Å². The minimum Gasteiger partial charge on any atom is -0.475 e. The molecule has 0 atom stereocenters. The first-order chi connectivity index (χ1) is 8.19. The fourth-order valence-electron chi connectivity index (χ4n) is 1.88. The lowest BCUT2D eigenvalue weighted by molar-refractivity contribution is 0.279. The summed E-state index contributed by atoms with van der Waals surface area (Å²) in [6.45, 7) is 11.4. The predicted octanol–water partition coefficient (Wildman–Crippen LogP) is 4.30. The number of rotatable bonds is 1. The normalized spacial score (nSPS) is 18.4. The molecule has 0 amide bonds. The maximum Gasteiger partial charge on any atom is 0.217 e. The van der Waals surface area contributed by atoms with Gasteiger partial charge in [0.05, 0.1) is 11.1 Å². The van der Waals surface area contributed by atoms with Crippen molar-refractivity contribution in [2.45, 2.75) is 45.6 Å². The summed E-state index contributed by atoms with van der Waals surface area (Å²) in [6, 6.07) is 6.40. The highest BCUT2D eigenvalue weighted by Gasteiger charge is 2.28. The van der Waals surface area contributed by atoms with Gasteiger partial charge in [-0.1, -0.05) is 26.8 Å². The van der Waals surface area contributed by atoms with Crippen LogP contribution in [-0.2, 0) is 10.2 Å². The molecular formula is C15H20BrNO. The van der Waals surface area contributed by atoms with Crippen molar-refractivity contribution < 1.29 is 4.74 Å². The van der Waals surface area contributed by atoms with Gasteiger partial charge in [0.15, 0.2) is 0 Å². The Morgan fingerprint density at radius 2 is 1.94 bits per heavy atom. The largest absolute Gasteiger partial charge is 0.475 e. The van der Waals surface area contributed by atoms with E-state index in [1.807, 2.05) is 0 Å². The third-order valence-corrected chi connectivity index (χ3v) is 3.69. The Labute approximate surface area is 118 Å². The molecule has 1 aliphatic heterocycles. The lowest BCUT2D eigenvalue weighted by atomic mass is 9.87. The maximum absolute atomic E-state index is 5.68. The molecule has 0 radical (unpaired) electrons. The summed E-state index contributed by atoms with van der Waals surface area (Å²) in [5, 5.41) is 0. The molecule has 1 heterocycles. The summed E-state index contributed by atoms with van der Waals surface area (Å²) in [5.41, 5.74) is 2.38. The zero-order valence-corrected chi connectivity index (χ0v) is 13.3. The number of nitrogens with zero attached hydrogens (tertiary/aromatic N) is 1. The minimum atomic E-state index is -0.114. The van der Waals surface area contributed by atoms with Crippen LogP contribution in [0.3, 0.4) is 0 Å². The van der Waals surface area contributed by atoms with E-state index in [0.29, 0.717) is 6.61 Å². The van der Waals surface area contributed by atoms with Crippen LogP contribution in [0.5, 0.6) is 0 Å². The van der Waals surface area contributed by atoms with Gasteiger partial charge in [-0.25, -0.2) is 4.99 Å². The van der Waals surface area contributed by atoms with E-state index in [-0.39, 0.29) is 11.0 Å². The lowest BCUT2D eigenvalue weighted by Gasteiger charge is -2.20. The van der Waals surface area contributed by atoms with Crippen molar-refractivity contribution in [1.82, 2.24) is 0 Å². The summed E-state index contributed by atoms with van der Waals surface area (Å²) >= 11 is 3.63. The van der Waals surface area contributed by atoms with E-state index in [1.165, 1.54) is 5.56 Å². The summed E-state index contributed by atoms with van der Waals surface area (Å²) in [4.78, 5) is 4.61. The Kier molecular flexibility index (Phi) is 3.30. The van der Waals surface area contributed by atoms with Crippen molar-refractivity contribution in [2.75, 3.05) is 6.61 Å². The molecule has 0 fully saturated rings. The van der Waals surface area contributed by atoms with Crippen LogP contribution >= 0.6 is 15.9 Å². The SMILES string of the molecule is CC1(C)COC(c2ccc(C(C)(C)C)cc2Br)=N1. The van der Waals surface area contributed by atoms with Crippen LogP contribution in [0, 0.1) is 0 Å². The average Bonchev–Trinajstić information content (AvgIpc) is 2.57. The molecule has 0 saturated heterocycles. The number of hydrogen-bond donors (Lipinski definition) is 0. The first-order valence-electron chi connectivity index (χ1n) is 6.22. The third-order valence-electron chi connectivity index (χ3n) is 3.03. The van der Waals surface area contributed by atoms with Crippen molar-refractivity contribution in [1.29, 1.82) is 0 Å². The molecule has 98 valence electrons. The highest BCUT2D eigenvalue weighted by atomic mass is 79.9. The number of aliphatic imine (C=N–C) groups is 1. The summed E-state index contributed by atoms with van der Waals surface area (Å²) < 4.78 is 6.73. The standard InChI is InChI=1S/C15H20BrNO/c1-14(2,3)10-6-7-11(12(16)8-10)13-17-15(4,5)9-18-13/h6-8H,9H2,1-5H3.